The van der Waals surface area contributed by atoms with Gasteiger partial charge in [0, 0.05) is 13.1 Å². The van der Waals surface area contributed by atoms with E-state index in [0.717, 1.165) is 5.56 Å². The zero-order valence-corrected chi connectivity index (χ0v) is 13.6. The van der Waals surface area contributed by atoms with E-state index in [1.54, 1.807) is 23.1 Å². The number of alkyl halides is 3. The van der Waals surface area contributed by atoms with Gasteiger partial charge in [-0.1, -0.05) is 60.7 Å². The van der Waals surface area contributed by atoms with Crippen molar-refractivity contribution in [2.75, 3.05) is 19.8 Å². The van der Waals surface area contributed by atoms with Crippen LogP contribution in [0, 0.1) is 0 Å². The Morgan fingerprint density at radius 3 is 2.20 bits per heavy atom. The number of morpholine rings is 1. The maximum atomic E-state index is 14.0. The van der Waals surface area contributed by atoms with Crippen LogP contribution in [0.15, 0.2) is 60.7 Å². The maximum Gasteiger partial charge on any atom is 0.422 e. The van der Waals surface area contributed by atoms with Crippen LogP contribution in [-0.2, 0) is 16.9 Å². The standard InChI is InChI=1S/C19H20F3NO2/c20-19(21,22)18(16-9-5-2-6-10-16)14-23(17(12-24)13-25-18)11-15-7-3-1-4-8-15/h1-10,17,24H,11-14H2/t17-,18+/m1/s1. The molecule has 0 saturated carbocycles. The zero-order valence-electron chi connectivity index (χ0n) is 13.6. The predicted octanol–water partition coefficient (Wildman–Crippen LogP) is 3.34. The summed E-state index contributed by atoms with van der Waals surface area (Å²) >= 11 is 0. The molecule has 0 bridgehead atoms. The summed E-state index contributed by atoms with van der Waals surface area (Å²) in [5.74, 6) is 0. The highest BCUT2D eigenvalue weighted by Crippen LogP contribution is 2.45. The molecular weight excluding hydrogens is 331 g/mol. The lowest BCUT2D eigenvalue weighted by molar-refractivity contribution is -0.312. The summed E-state index contributed by atoms with van der Waals surface area (Å²) in [6, 6.07) is 16.5. The van der Waals surface area contributed by atoms with Gasteiger partial charge in [0.1, 0.15) is 0 Å². The number of aliphatic hydroxyl groups is 1. The van der Waals surface area contributed by atoms with E-state index in [-0.39, 0.29) is 25.3 Å². The number of nitrogens with zero attached hydrogens (tertiary/aromatic N) is 1. The van der Waals surface area contributed by atoms with Crippen LogP contribution in [0.25, 0.3) is 0 Å². The molecule has 0 amide bonds. The van der Waals surface area contributed by atoms with Crippen molar-refractivity contribution in [1.29, 1.82) is 0 Å². The Morgan fingerprint density at radius 1 is 1.04 bits per heavy atom. The Labute approximate surface area is 144 Å². The molecule has 0 spiro atoms. The number of hydrogen-bond acceptors (Lipinski definition) is 3. The van der Waals surface area contributed by atoms with Crippen molar-refractivity contribution in [3.05, 3.63) is 71.8 Å². The quantitative estimate of drug-likeness (QED) is 0.917. The number of rotatable bonds is 4. The molecule has 1 N–H and O–H groups in total. The second-order valence-electron chi connectivity index (χ2n) is 6.23. The first-order valence-electron chi connectivity index (χ1n) is 8.11. The smallest absolute Gasteiger partial charge is 0.395 e. The fourth-order valence-corrected chi connectivity index (χ4v) is 3.19. The molecule has 0 unspecified atom stereocenters. The monoisotopic (exact) mass is 351 g/mol. The Balaban J connectivity index is 1.95. The van der Waals surface area contributed by atoms with E-state index >= 15 is 0 Å². The molecule has 134 valence electrons. The van der Waals surface area contributed by atoms with Gasteiger partial charge in [-0.05, 0) is 11.1 Å². The van der Waals surface area contributed by atoms with Crippen LogP contribution in [0.1, 0.15) is 11.1 Å². The van der Waals surface area contributed by atoms with Gasteiger partial charge in [-0.2, -0.15) is 13.2 Å². The van der Waals surface area contributed by atoms with E-state index in [2.05, 4.69) is 0 Å². The molecule has 6 heteroatoms. The molecule has 2 aromatic rings. The third kappa shape index (κ3) is 3.56. The molecule has 1 saturated heterocycles. The number of aliphatic hydroxyl groups excluding tert-OH is 1. The topological polar surface area (TPSA) is 32.7 Å². The summed E-state index contributed by atoms with van der Waals surface area (Å²) in [5.41, 5.74) is -1.42. The first-order valence-corrected chi connectivity index (χ1v) is 8.11. The number of hydrogen-bond donors (Lipinski definition) is 1. The van der Waals surface area contributed by atoms with Gasteiger partial charge in [-0.25, -0.2) is 0 Å². The van der Waals surface area contributed by atoms with Crippen molar-refractivity contribution in [1.82, 2.24) is 4.90 Å². The van der Waals surface area contributed by atoms with Crippen LogP contribution in [0.4, 0.5) is 13.2 Å². The van der Waals surface area contributed by atoms with Gasteiger partial charge in [-0.3, -0.25) is 4.90 Å². The lowest BCUT2D eigenvalue weighted by Gasteiger charge is -2.47. The lowest BCUT2D eigenvalue weighted by Crippen LogP contribution is -2.61. The average molecular weight is 351 g/mol. The van der Waals surface area contributed by atoms with Gasteiger partial charge in [-0.15, -0.1) is 0 Å². The summed E-state index contributed by atoms with van der Waals surface area (Å²) in [7, 11) is 0. The van der Waals surface area contributed by atoms with Crippen molar-refractivity contribution in [3.63, 3.8) is 0 Å². The second kappa shape index (κ2) is 7.15. The van der Waals surface area contributed by atoms with E-state index < -0.39 is 17.8 Å². The number of ether oxygens (including phenoxy) is 1. The highest BCUT2D eigenvalue weighted by atomic mass is 19.4. The SMILES string of the molecule is OC[C@@H]1CO[C@@](c2ccccc2)(C(F)(F)F)CN1Cc1ccccc1. The van der Waals surface area contributed by atoms with Crippen LogP contribution in [0.3, 0.4) is 0 Å². The van der Waals surface area contributed by atoms with Crippen molar-refractivity contribution < 1.29 is 23.0 Å². The normalized spacial score (nSPS) is 25.0. The van der Waals surface area contributed by atoms with Gasteiger partial charge in [0.2, 0.25) is 5.60 Å². The first-order chi connectivity index (χ1) is 12.0. The number of halogens is 3. The molecule has 1 heterocycles. The van der Waals surface area contributed by atoms with Gasteiger partial charge >= 0.3 is 6.18 Å². The Morgan fingerprint density at radius 2 is 1.64 bits per heavy atom. The molecule has 3 rings (SSSR count). The average Bonchev–Trinajstić information content (AvgIpc) is 2.62. The van der Waals surface area contributed by atoms with Gasteiger partial charge in [0.25, 0.3) is 0 Å². The van der Waals surface area contributed by atoms with Gasteiger partial charge < -0.3 is 9.84 Å². The molecule has 1 aliphatic heterocycles. The van der Waals surface area contributed by atoms with E-state index in [1.807, 2.05) is 30.3 Å². The molecule has 0 aliphatic carbocycles. The largest absolute Gasteiger partial charge is 0.422 e. The second-order valence-corrected chi connectivity index (χ2v) is 6.23. The summed E-state index contributed by atoms with van der Waals surface area (Å²) < 4.78 is 47.4. The molecule has 2 atom stereocenters. The molecule has 0 radical (unpaired) electrons. The minimum atomic E-state index is -4.57. The molecule has 25 heavy (non-hydrogen) atoms. The van der Waals surface area contributed by atoms with Crippen molar-refractivity contribution >= 4 is 0 Å². The molecule has 2 aromatic carbocycles. The maximum absolute atomic E-state index is 14.0. The minimum absolute atomic E-state index is 0.0805. The summed E-state index contributed by atoms with van der Waals surface area (Å²) in [4.78, 5) is 1.65. The summed E-state index contributed by atoms with van der Waals surface area (Å²) in [5, 5.41) is 9.58. The van der Waals surface area contributed by atoms with Crippen LogP contribution in [-0.4, -0.2) is 42.0 Å². The van der Waals surface area contributed by atoms with E-state index in [0.29, 0.717) is 6.54 Å². The van der Waals surface area contributed by atoms with Crippen LogP contribution in [0.5, 0.6) is 0 Å². The molecule has 0 aromatic heterocycles. The predicted molar refractivity (Wildman–Crippen MR) is 87.9 cm³/mol. The molecule has 1 aliphatic rings. The highest BCUT2D eigenvalue weighted by Gasteiger charge is 2.60. The van der Waals surface area contributed by atoms with E-state index in [1.165, 1.54) is 12.1 Å². The third-order valence-corrected chi connectivity index (χ3v) is 4.60. The van der Waals surface area contributed by atoms with Gasteiger partial charge in [0.15, 0.2) is 0 Å². The van der Waals surface area contributed by atoms with Crippen molar-refractivity contribution in [3.8, 4) is 0 Å². The van der Waals surface area contributed by atoms with Crippen LogP contribution in [0.2, 0.25) is 0 Å². The fourth-order valence-electron chi connectivity index (χ4n) is 3.19. The zero-order chi connectivity index (χ0) is 17.9. The highest BCUT2D eigenvalue weighted by molar-refractivity contribution is 5.26. The van der Waals surface area contributed by atoms with E-state index in [9.17, 15) is 18.3 Å². The molecule has 3 nitrogen and oxygen atoms in total. The summed E-state index contributed by atoms with van der Waals surface area (Å²) in [6.45, 7) is -0.478. The Bertz CT molecular complexity index is 678. The Hall–Kier alpha value is -1.89. The first kappa shape index (κ1) is 17.9. The van der Waals surface area contributed by atoms with Crippen LogP contribution >= 0.6 is 0 Å². The van der Waals surface area contributed by atoms with E-state index in [4.69, 9.17) is 4.74 Å². The third-order valence-electron chi connectivity index (χ3n) is 4.60. The van der Waals surface area contributed by atoms with Gasteiger partial charge in [0.05, 0.1) is 19.3 Å². The van der Waals surface area contributed by atoms with Crippen LogP contribution < -0.4 is 0 Å². The molecular formula is C19H20F3NO2. The van der Waals surface area contributed by atoms with Crippen molar-refractivity contribution in [2.24, 2.45) is 0 Å². The molecule has 1 fully saturated rings. The number of benzene rings is 2. The van der Waals surface area contributed by atoms with Crippen molar-refractivity contribution in [2.45, 2.75) is 24.4 Å². The minimum Gasteiger partial charge on any atom is -0.395 e. The fraction of sp³-hybridized carbons (Fsp3) is 0.368. The Kier molecular flexibility index (Phi) is 5.13. The lowest BCUT2D eigenvalue weighted by atomic mass is 9.89. The summed E-state index contributed by atoms with van der Waals surface area (Å²) in [6.07, 6.45) is -4.57.